The highest BCUT2D eigenvalue weighted by atomic mass is 35.5. The summed E-state index contributed by atoms with van der Waals surface area (Å²) in [6, 6.07) is 12.9. The lowest BCUT2D eigenvalue weighted by Gasteiger charge is -2.29. The molecule has 2 aromatic carbocycles. The van der Waals surface area contributed by atoms with Crippen molar-refractivity contribution < 1.29 is 9.53 Å². The summed E-state index contributed by atoms with van der Waals surface area (Å²) in [7, 11) is 1.61. The quantitative estimate of drug-likeness (QED) is 0.767. The van der Waals surface area contributed by atoms with Gasteiger partial charge in [0.1, 0.15) is 5.75 Å². The summed E-state index contributed by atoms with van der Waals surface area (Å²) in [5.74, 6) is 0.588. The molecule has 2 aliphatic heterocycles. The van der Waals surface area contributed by atoms with E-state index in [1.54, 1.807) is 13.2 Å². The zero-order chi connectivity index (χ0) is 19.0. The first kappa shape index (κ1) is 18.3. The molecule has 0 bridgehead atoms. The van der Waals surface area contributed by atoms with E-state index in [0.717, 1.165) is 29.9 Å². The number of rotatable bonds is 4. The Morgan fingerprint density at radius 3 is 2.85 bits per heavy atom. The van der Waals surface area contributed by atoms with Crippen LogP contribution in [0.1, 0.15) is 12.0 Å². The summed E-state index contributed by atoms with van der Waals surface area (Å²) in [5, 5.41) is 7.40. The molecule has 140 valence electrons. The molecule has 1 unspecified atom stereocenters. The highest BCUT2D eigenvalue weighted by Crippen LogP contribution is 2.31. The lowest BCUT2D eigenvalue weighted by atomic mass is 9.94. The Bertz CT molecular complexity index is 916. The van der Waals surface area contributed by atoms with Gasteiger partial charge in [0, 0.05) is 35.7 Å². The van der Waals surface area contributed by atoms with E-state index < -0.39 is 0 Å². The molecule has 4 rings (SSSR count). The van der Waals surface area contributed by atoms with Crippen LogP contribution in [0.15, 0.2) is 47.6 Å². The summed E-state index contributed by atoms with van der Waals surface area (Å²) in [5.41, 5.74) is 2.65. The van der Waals surface area contributed by atoms with Gasteiger partial charge in [-0.25, -0.2) is 5.01 Å². The highest BCUT2D eigenvalue weighted by Gasteiger charge is 2.40. The van der Waals surface area contributed by atoms with E-state index in [9.17, 15) is 4.79 Å². The van der Waals surface area contributed by atoms with Gasteiger partial charge in [-0.3, -0.25) is 9.69 Å². The maximum atomic E-state index is 12.8. The van der Waals surface area contributed by atoms with Gasteiger partial charge in [-0.2, -0.15) is 5.10 Å². The molecular weight excluding hydrogens is 385 g/mol. The molecule has 2 aliphatic rings. The standard InChI is InChI=1S/C20H19Cl2N3O2/c1-27-16-4-2-3-15(10-16)25-20(26)17-7-8-24(12-19(17)23-25)11-13-5-6-14(21)9-18(13)22/h2-6,9-10,17H,7-8,11-12H2,1H3. The Hall–Kier alpha value is -2.08. The maximum Gasteiger partial charge on any atom is 0.256 e. The number of benzene rings is 2. The second-order valence-corrected chi connectivity index (χ2v) is 7.57. The average molecular weight is 404 g/mol. The molecule has 1 fully saturated rings. The van der Waals surface area contributed by atoms with Crippen molar-refractivity contribution in [3.63, 3.8) is 0 Å². The third-order valence-electron chi connectivity index (χ3n) is 4.96. The number of nitrogens with zero attached hydrogens (tertiary/aromatic N) is 3. The minimum absolute atomic E-state index is 0.0300. The first-order valence-corrected chi connectivity index (χ1v) is 9.52. The van der Waals surface area contributed by atoms with E-state index in [1.807, 2.05) is 36.4 Å². The predicted molar refractivity (Wildman–Crippen MR) is 108 cm³/mol. The van der Waals surface area contributed by atoms with Crippen LogP contribution in [-0.4, -0.2) is 36.7 Å². The lowest BCUT2D eigenvalue weighted by molar-refractivity contribution is -0.120. The smallest absolute Gasteiger partial charge is 0.256 e. The van der Waals surface area contributed by atoms with Crippen LogP contribution in [0.5, 0.6) is 5.75 Å². The number of likely N-dealkylation sites (tertiary alicyclic amines) is 1. The van der Waals surface area contributed by atoms with E-state index in [-0.39, 0.29) is 11.8 Å². The van der Waals surface area contributed by atoms with Crippen molar-refractivity contribution in [2.24, 2.45) is 11.0 Å². The fraction of sp³-hybridized carbons (Fsp3) is 0.300. The second-order valence-electron chi connectivity index (χ2n) is 6.73. The third-order valence-corrected chi connectivity index (χ3v) is 5.55. The Labute approximate surface area is 168 Å². The van der Waals surface area contributed by atoms with Crippen LogP contribution in [0, 0.1) is 5.92 Å². The molecule has 27 heavy (non-hydrogen) atoms. The molecule has 0 N–H and O–H groups in total. The molecule has 2 aromatic rings. The Kier molecular flexibility index (Phi) is 5.08. The number of hydrazone groups is 1. The average Bonchev–Trinajstić information content (AvgIpc) is 3.00. The maximum absolute atomic E-state index is 12.8. The minimum atomic E-state index is -0.145. The van der Waals surface area contributed by atoms with Gasteiger partial charge < -0.3 is 4.74 Å². The SMILES string of the molecule is COc1cccc(N2N=C3CN(Cc4ccc(Cl)cc4Cl)CCC3C2=O)c1. The Morgan fingerprint density at radius 2 is 2.07 bits per heavy atom. The zero-order valence-corrected chi connectivity index (χ0v) is 16.4. The van der Waals surface area contributed by atoms with Crippen molar-refractivity contribution in [2.45, 2.75) is 13.0 Å². The van der Waals surface area contributed by atoms with Gasteiger partial charge in [0.2, 0.25) is 0 Å². The normalized spacial score (nSPS) is 19.8. The van der Waals surface area contributed by atoms with Gasteiger partial charge in [-0.1, -0.05) is 35.3 Å². The number of carbonyl (C=O) groups is 1. The van der Waals surface area contributed by atoms with E-state index in [1.165, 1.54) is 5.01 Å². The van der Waals surface area contributed by atoms with Crippen LogP contribution >= 0.6 is 23.2 Å². The molecule has 0 aliphatic carbocycles. The van der Waals surface area contributed by atoms with E-state index in [0.29, 0.717) is 28.9 Å². The van der Waals surface area contributed by atoms with Crippen molar-refractivity contribution >= 4 is 40.5 Å². The molecule has 0 aromatic heterocycles. The number of hydrogen-bond acceptors (Lipinski definition) is 4. The van der Waals surface area contributed by atoms with Crippen LogP contribution in [0.25, 0.3) is 0 Å². The number of piperidine rings is 1. The molecule has 0 radical (unpaired) electrons. The molecule has 7 heteroatoms. The van der Waals surface area contributed by atoms with Crippen LogP contribution in [0.2, 0.25) is 10.0 Å². The van der Waals surface area contributed by atoms with Crippen LogP contribution < -0.4 is 9.75 Å². The first-order valence-electron chi connectivity index (χ1n) is 8.77. The summed E-state index contributed by atoms with van der Waals surface area (Å²) in [4.78, 5) is 15.1. The predicted octanol–water partition coefficient (Wildman–Crippen LogP) is 4.23. The fourth-order valence-corrected chi connectivity index (χ4v) is 4.01. The topological polar surface area (TPSA) is 45.1 Å². The molecule has 1 saturated heterocycles. The van der Waals surface area contributed by atoms with E-state index >= 15 is 0 Å². The third kappa shape index (κ3) is 3.68. The summed E-state index contributed by atoms with van der Waals surface area (Å²) < 4.78 is 5.25. The number of amides is 1. The number of hydrogen-bond donors (Lipinski definition) is 0. The van der Waals surface area contributed by atoms with Gasteiger partial charge >= 0.3 is 0 Å². The molecule has 0 spiro atoms. The van der Waals surface area contributed by atoms with Crippen molar-refractivity contribution in [2.75, 3.05) is 25.2 Å². The van der Waals surface area contributed by atoms with Crippen LogP contribution in [-0.2, 0) is 11.3 Å². The molecule has 0 saturated carbocycles. The van der Waals surface area contributed by atoms with Crippen LogP contribution in [0.4, 0.5) is 5.69 Å². The van der Waals surface area contributed by atoms with Crippen LogP contribution in [0.3, 0.4) is 0 Å². The summed E-state index contributed by atoms with van der Waals surface area (Å²) in [6.45, 7) is 2.17. The minimum Gasteiger partial charge on any atom is -0.497 e. The zero-order valence-electron chi connectivity index (χ0n) is 14.9. The number of fused-ring (bicyclic) bond motifs is 1. The van der Waals surface area contributed by atoms with Gasteiger partial charge in [-0.15, -0.1) is 0 Å². The molecule has 1 atom stereocenters. The van der Waals surface area contributed by atoms with Crippen molar-refractivity contribution in [1.29, 1.82) is 0 Å². The number of ether oxygens (including phenoxy) is 1. The van der Waals surface area contributed by atoms with Gasteiger partial charge in [-0.05, 0) is 36.2 Å². The van der Waals surface area contributed by atoms with E-state index in [4.69, 9.17) is 27.9 Å². The highest BCUT2D eigenvalue weighted by molar-refractivity contribution is 6.35. The number of methoxy groups -OCH3 is 1. The summed E-state index contributed by atoms with van der Waals surface area (Å²) in [6.07, 6.45) is 0.753. The van der Waals surface area contributed by atoms with Gasteiger partial charge in [0.25, 0.3) is 5.91 Å². The molecule has 2 heterocycles. The van der Waals surface area contributed by atoms with Gasteiger partial charge in [0.05, 0.1) is 24.4 Å². The number of halogens is 2. The molecule has 5 nitrogen and oxygen atoms in total. The monoisotopic (exact) mass is 403 g/mol. The van der Waals surface area contributed by atoms with Gasteiger partial charge in [0.15, 0.2) is 0 Å². The summed E-state index contributed by atoms with van der Waals surface area (Å²) >= 11 is 12.3. The number of anilines is 1. The van der Waals surface area contributed by atoms with Crippen molar-refractivity contribution in [1.82, 2.24) is 4.90 Å². The lowest BCUT2D eigenvalue weighted by Crippen LogP contribution is -2.41. The van der Waals surface area contributed by atoms with Crippen molar-refractivity contribution in [3.05, 3.63) is 58.1 Å². The second kappa shape index (κ2) is 7.50. The Balaban J connectivity index is 1.52. The first-order chi connectivity index (χ1) is 13.0. The fourth-order valence-electron chi connectivity index (χ4n) is 3.54. The Morgan fingerprint density at radius 1 is 1.22 bits per heavy atom. The van der Waals surface area contributed by atoms with Crippen molar-refractivity contribution in [3.8, 4) is 5.75 Å². The number of carbonyl (C=O) groups excluding carboxylic acids is 1. The largest absolute Gasteiger partial charge is 0.497 e. The molecule has 1 amide bonds. The van der Waals surface area contributed by atoms with E-state index in [2.05, 4.69) is 10.0 Å². The molecular formula is C20H19Cl2N3O2.